The summed E-state index contributed by atoms with van der Waals surface area (Å²) in [4.78, 5) is 0.375. The fraction of sp³-hybridized carbons (Fsp3) is 0.333. The monoisotopic (exact) mass is 214 g/mol. The van der Waals surface area contributed by atoms with Gasteiger partial charge in [0.05, 0.1) is 11.5 Å². The molecule has 2 unspecified atom stereocenters. The van der Waals surface area contributed by atoms with Crippen molar-refractivity contribution in [2.24, 2.45) is 0 Å². The van der Waals surface area contributed by atoms with E-state index in [9.17, 15) is 4.21 Å². The van der Waals surface area contributed by atoms with Crippen molar-refractivity contribution in [2.45, 2.75) is 11.0 Å². The van der Waals surface area contributed by atoms with Gasteiger partial charge in [-0.25, -0.2) is 4.21 Å². The van der Waals surface area contributed by atoms with Crippen molar-refractivity contribution in [2.75, 3.05) is 13.2 Å². The molecule has 76 valence electrons. The predicted molar refractivity (Wildman–Crippen MR) is 50.7 cm³/mol. The van der Waals surface area contributed by atoms with E-state index in [2.05, 4.69) is 0 Å². The molecule has 1 fully saturated rings. The van der Waals surface area contributed by atoms with E-state index in [1.807, 2.05) is 0 Å². The average molecular weight is 214 g/mol. The zero-order valence-corrected chi connectivity index (χ0v) is 8.20. The van der Waals surface area contributed by atoms with Crippen molar-refractivity contribution in [1.29, 1.82) is 0 Å². The molecule has 1 heterocycles. The van der Waals surface area contributed by atoms with Gasteiger partial charge in [-0.15, -0.1) is 0 Å². The largest absolute Gasteiger partial charge is 0.491 e. The summed E-state index contributed by atoms with van der Waals surface area (Å²) in [6.07, 6.45) is 0.224. The summed E-state index contributed by atoms with van der Waals surface area (Å²) in [5.41, 5.74) is 0. The summed E-state index contributed by atoms with van der Waals surface area (Å²) in [7, 11) is 0. The lowest BCUT2D eigenvalue weighted by molar-refractivity contribution is 0.263. The molecule has 4 nitrogen and oxygen atoms in total. The molecule has 0 bridgehead atoms. The van der Waals surface area contributed by atoms with Crippen LogP contribution in [0.2, 0.25) is 0 Å². The molecule has 5 heteroatoms. The Morgan fingerprint density at radius 3 is 2.64 bits per heavy atom. The summed E-state index contributed by atoms with van der Waals surface area (Å²) >= 11 is -1.92. The highest BCUT2D eigenvalue weighted by atomic mass is 32.2. The van der Waals surface area contributed by atoms with Crippen molar-refractivity contribution < 1.29 is 18.2 Å². The molecule has 1 aromatic carbocycles. The van der Waals surface area contributed by atoms with E-state index >= 15 is 0 Å². The van der Waals surface area contributed by atoms with Gasteiger partial charge in [-0.1, -0.05) is 0 Å². The highest BCUT2D eigenvalue weighted by Gasteiger charge is 2.22. The second-order valence-electron chi connectivity index (χ2n) is 2.99. The molecule has 0 aliphatic carbocycles. The van der Waals surface area contributed by atoms with Crippen LogP contribution in [0.15, 0.2) is 29.2 Å². The molecule has 1 aromatic rings. The Balaban J connectivity index is 1.94. The Kier molecular flexibility index (Phi) is 2.81. The van der Waals surface area contributed by atoms with Gasteiger partial charge in [-0.05, 0) is 24.3 Å². The third-order valence-electron chi connectivity index (χ3n) is 1.86. The first-order valence-corrected chi connectivity index (χ1v) is 5.32. The van der Waals surface area contributed by atoms with Crippen LogP contribution in [0.3, 0.4) is 0 Å². The van der Waals surface area contributed by atoms with Crippen LogP contribution in [-0.4, -0.2) is 28.1 Å². The molecule has 1 N–H and O–H groups in total. The summed E-state index contributed by atoms with van der Waals surface area (Å²) in [5.74, 6) is 0.690. The van der Waals surface area contributed by atoms with E-state index in [1.165, 1.54) is 0 Å². The molecule has 0 amide bonds. The van der Waals surface area contributed by atoms with Gasteiger partial charge < -0.3 is 14.0 Å². The average Bonchev–Trinajstić information content (AvgIpc) is 2.99. The molecule has 0 radical (unpaired) electrons. The Bertz CT molecular complexity index is 331. The van der Waals surface area contributed by atoms with Gasteiger partial charge >= 0.3 is 0 Å². The molecular weight excluding hydrogens is 204 g/mol. The highest BCUT2D eigenvalue weighted by Crippen LogP contribution is 2.16. The third-order valence-corrected chi connectivity index (χ3v) is 2.54. The lowest BCUT2D eigenvalue weighted by atomic mass is 10.3. The number of epoxide rings is 1. The normalized spacial score (nSPS) is 21.6. The first-order valence-electron chi connectivity index (χ1n) is 4.21. The highest BCUT2D eigenvalue weighted by molar-refractivity contribution is 7.79. The van der Waals surface area contributed by atoms with Crippen LogP contribution in [0.4, 0.5) is 0 Å². The number of hydrogen-bond acceptors (Lipinski definition) is 3. The molecule has 2 rings (SSSR count). The second-order valence-corrected chi connectivity index (χ2v) is 3.96. The quantitative estimate of drug-likeness (QED) is 0.601. The van der Waals surface area contributed by atoms with Gasteiger partial charge in [-0.3, -0.25) is 0 Å². The van der Waals surface area contributed by atoms with E-state index in [4.69, 9.17) is 14.0 Å². The van der Waals surface area contributed by atoms with E-state index in [1.54, 1.807) is 24.3 Å². The van der Waals surface area contributed by atoms with Crippen LogP contribution in [0.1, 0.15) is 0 Å². The minimum absolute atomic E-state index is 0.224. The summed E-state index contributed by atoms with van der Waals surface area (Å²) in [5, 5.41) is 0. The van der Waals surface area contributed by atoms with Crippen molar-refractivity contribution in [1.82, 2.24) is 0 Å². The standard InChI is InChI=1S/C9H10O4S/c10-14(11)9-3-1-7(2-4-9)12-5-8-6-13-8/h1-4,8H,5-6H2,(H,10,11). The molecule has 1 aliphatic rings. The first-order chi connectivity index (χ1) is 6.75. The summed E-state index contributed by atoms with van der Waals surface area (Å²) in [6, 6.07) is 6.48. The van der Waals surface area contributed by atoms with E-state index in [-0.39, 0.29) is 6.10 Å². The van der Waals surface area contributed by atoms with E-state index in [0.717, 1.165) is 6.61 Å². The lowest BCUT2D eigenvalue weighted by Crippen LogP contribution is -2.03. The number of benzene rings is 1. The maximum Gasteiger partial charge on any atom is 0.186 e. The smallest absolute Gasteiger partial charge is 0.186 e. The van der Waals surface area contributed by atoms with Crippen LogP contribution < -0.4 is 4.74 Å². The number of rotatable bonds is 4. The molecule has 0 aromatic heterocycles. The van der Waals surface area contributed by atoms with Crippen LogP contribution in [-0.2, 0) is 15.8 Å². The van der Waals surface area contributed by atoms with Crippen LogP contribution in [0, 0.1) is 0 Å². The van der Waals surface area contributed by atoms with Crippen LogP contribution >= 0.6 is 0 Å². The van der Waals surface area contributed by atoms with E-state index in [0.29, 0.717) is 17.3 Å². The van der Waals surface area contributed by atoms with Crippen LogP contribution in [0.25, 0.3) is 0 Å². The molecule has 1 aliphatic heterocycles. The summed E-state index contributed by atoms with van der Waals surface area (Å²) < 4.78 is 29.7. The van der Waals surface area contributed by atoms with Gasteiger partial charge in [0, 0.05) is 0 Å². The minimum atomic E-state index is -1.92. The van der Waals surface area contributed by atoms with Gasteiger partial charge in [0.2, 0.25) is 0 Å². The van der Waals surface area contributed by atoms with Crippen LogP contribution in [0.5, 0.6) is 5.75 Å². The summed E-state index contributed by atoms with van der Waals surface area (Å²) in [6.45, 7) is 1.31. The molecular formula is C9H10O4S. The zero-order valence-electron chi connectivity index (χ0n) is 7.38. The fourth-order valence-electron chi connectivity index (χ4n) is 1.01. The molecule has 14 heavy (non-hydrogen) atoms. The Labute approximate surface area is 84.1 Å². The van der Waals surface area contributed by atoms with Gasteiger partial charge in [-0.2, -0.15) is 0 Å². The number of hydrogen-bond donors (Lipinski definition) is 1. The van der Waals surface area contributed by atoms with Gasteiger partial charge in [0.1, 0.15) is 18.5 Å². The molecule has 0 spiro atoms. The Hall–Kier alpha value is -0.910. The second kappa shape index (κ2) is 4.08. The molecule has 1 saturated heterocycles. The fourth-order valence-corrected chi connectivity index (χ4v) is 1.37. The Morgan fingerprint density at radius 1 is 1.50 bits per heavy atom. The Morgan fingerprint density at radius 2 is 2.14 bits per heavy atom. The molecule has 2 atom stereocenters. The maximum atomic E-state index is 10.6. The predicted octanol–water partition coefficient (Wildman–Crippen LogP) is 1.04. The lowest BCUT2D eigenvalue weighted by Gasteiger charge is -2.03. The van der Waals surface area contributed by atoms with Crippen molar-refractivity contribution in [3.8, 4) is 5.75 Å². The van der Waals surface area contributed by atoms with Crippen molar-refractivity contribution in [3.63, 3.8) is 0 Å². The third kappa shape index (κ3) is 2.54. The topological polar surface area (TPSA) is 59.1 Å². The SMILES string of the molecule is O=S(O)c1ccc(OCC2CO2)cc1. The minimum Gasteiger partial charge on any atom is -0.491 e. The van der Waals surface area contributed by atoms with Gasteiger partial charge in [0.25, 0.3) is 0 Å². The number of ether oxygens (including phenoxy) is 2. The van der Waals surface area contributed by atoms with Crippen molar-refractivity contribution >= 4 is 11.1 Å². The zero-order chi connectivity index (χ0) is 9.97. The van der Waals surface area contributed by atoms with E-state index < -0.39 is 11.1 Å². The first kappa shape index (κ1) is 9.64. The maximum absolute atomic E-state index is 10.6. The van der Waals surface area contributed by atoms with Crippen molar-refractivity contribution in [3.05, 3.63) is 24.3 Å². The van der Waals surface area contributed by atoms with Gasteiger partial charge in [0.15, 0.2) is 11.1 Å². The molecule has 0 saturated carbocycles.